The Kier molecular flexibility index (Phi) is 2.33. The second-order valence-electron chi connectivity index (χ2n) is 3.27. The van der Waals surface area contributed by atoms with E-state index in [1.807, 2.05) is 31.2 Å². The van der Waals surface area contributed by atoms with E-state index in [0.717, 1.165) is 22.6 Å². The van der Waals surface area contributed by atoms with E-state index in [2.05, 4.69) is 9.97 Å². The SMILES string of the molecule is Cc1cnc(-c2ccc(CO)cc2)[nH]1. The predicted molar refractivity (Wildman–Crippen MR) is 54.7 cm³/mol. The van der Waals surface area contributed by atoms with Crippen molar-refractivity contribution < 1.29 is 5.11 Å². The predicted octanol–water partition coefficient (Wildman–Crippen LogP) is 1.88. The Morgan fingerprint density at radius 2 is 2.00 bits per heavy atom. The molecule has 0 fully saturated rings. The van der Waals surface area contributed by atoms with Crippen LogP contribution in [0.4, 0.5) is 0 Å². The molecule has 0 radical (unpaired) electrons. The second kappa shape index (κ2) is 3.64. The van der Waals surface area contributed by atoms with Crippen LogP contribution in [0.1, 0.15) is 11.3 Å². The first-order valence-corrected chi connectivity index (χ1v) is 4.51. The molecule has 3 nitrogen and oxygen atoms in total. The van der Waals surface area contributed by atoms with E-state index in [9.17, 15) is 0 Å². The number of hydrogen-bond donors (Lipinski definition) is 2. The van der Waals surface area contributed by atoms with E-state index in [4.69, 9.17) is 5.11 Å². The molecule has 72 valence electrons. The molecule has 2 rings (SSSR count). The highest BCUT2D eigenvalue weighted by atomic mass is 16.3. The first-order chi connectivity index (χ1) is 6.79. The number of aromatic nitrogens is 2. The smallest absolute Gasteiger partial charge is 0.137 e. The summed E-state index contributed by atoms with van der Waals surface area (Å²) >= 11 is 0. The summed E-state index contributed by atoms with van der Waals surface area (Å²) in [7, 11) is 0. The van der Waals surface area contributed by atoms with Crippen LogP contribution in [-0.2, 0) is 6.61 Å². The molecule has 1 aromatic carbocycles. The summed E-state index contributed by atoms with van der Waals surface area (Å²) in [5.74, 6) is 0.868. The van der Waals surface area contributed by atoms with Gasteiger partial charge in [0.1, 0.15) is 5.82 Å². The fourth-order valence-electron chi connectivity index (χ4n) is 1.33. The summed E-state index contributed by atoms with van der Waals surface area (Å²) in [5.41, 5.74) is 3.00. The molecule has 0 spiro atoms. The third-order valence-electron chi connectivity index (χ3n) is 2.11. The van der Waals surface area contributed by atoms with Crippen molar-refractivity contribution in [3.8, 4) is 11.4 Å². The van der Waals surface area contributed by atoms with Crippen LogP contribution in [0.3, 0.4) is 0 Å². The number of imidazole rings is 1. The monoisotopic (exact) mass is 188 g/mol. The van der Waals surface area contributed by atoms with Gasteiger partial charge in [0.25, 0.3) is 0 Å². The number of aromatic amines is 1. The minimum atomic E-state index is 0.0808. The zero-order valence-electron chi connectivity index (χ0n) is 7.99. The van der Waals surface area contributed by atoms with Gasteiger partial charge in [-0.1, -0.05) is 24.3 Å². The van der Waals surface area contributed by atoms with Gasteiger partial charge < -0.3 is 10.1 Å². The summed E-state index contributed by atoms with van der Waals surface area (Å²) in [5, 5.41) is 8.88. The molecule has 0 saturated heterocycles. The van der Waals surface area contributed by atoms with Crippen molar-refractivity contribution in [2.24, 2.45) is 0 Å². The number of nitrogens with one attached hydrogen (secondary N) is 1. The number of rotatable bonds is 2. The van der Waals surface area contributed by atoms with E-state index >= 15 is 0 Å². The van der Waals surface area contributed by atoms with E-state index < -0.39 is 0 Å². The molecule has 1 heterocycles. The molecule has 0 aliphatic carbocycles. The molecule has 14 heavy (non-hydrogen) atoms. The van der Waals surface area contributed by atoms with Crippen molar-refractivity contribution >= 4 is 0 Å². The second-order valence-corrected chi connectivity index (χ2v) is 3.27. The maximum Gasteiger partial charge on any atom is 0.137 e. The Balaban J connectivity index is 2.33. The molecule has 2 N–H and O–H groups in total. The minimum Gasteiger partial charge on any atom is -0.392 e. The summed E-state index contributed by atoms with van der Waals surface area (Å²) in [4.78, 5) is 7.38. The van der Waals surface area contributed by atoms with Crippen LogP contribution in [0.5, 0.6) is 0 Å². The third-order valence-corrected chi connectivity index (χ3v) is 2.11. The largest absolute Gasteiger partial charge is 0.392 e. The summed E-state index contributed by atoms with van der Waals surface area (Å²) in [6.45, 7) is 2.05. The number of aliphatic hydroxyl groups excluding tert-OH is 1. The van der Waals surface area contributed by atoms with Crippen molar-refractivity contribution in [1.29, 1.82) is 0 Å². The molecule has 0 atom stereocenters. The van der Waals surface area contributed by atoms with Gasteiger partial charge >= 0.3 is 0 Å². The Morgan fingerprint density at radius 3 is 2.50 bits per heavy atom. The lowest BCUT2D eigenvalue weighted by Crippen LogP contribution is -1.84. The molecular weight excluding hydrogens is 176 g/mol. The van der Waals surface area contributed by atoms with Gasteiger partial charge in [0.2, 0.25) is 0 Å². The number of hydrogen-bond acceptors (Lipinski definition) is 2. The van der Waals surface area contributed by atoms with Gasteiger partial charge in [-0.25, -0.2) is 4.98 Å². The molecule has 0 amide bonds. The van der Waals surface area contributed by atoms with Crippen molar-refractivity contribution in [3.05, 3.63) is 41.7 Å². The minimum absolute atomic E-state index is 0.0808. The van der Waals surface area contributed by atoms with E-state index in [-0.39, 0.29) is 6.61 Å². The summed E-state index contributed by atoms with van der Waals surface area (Å²) in [6, 6.07) is 7.69. The van der Waals surface area contributed by atoms with Crippen LogP contribution in [-0.4, -0.2) is 15.1 Å². The maximum atomic E-state index is 8.88. The normalized spacial score (nSPS) is 10.4. The number of benzene rings is 1. The van der Waals surface area contributed by atoms with E-state index in [0.29, 0.717) is 0 Å². The third kappa shape index (κ3) is 1.67. The summed E-state index contributed by atoms with van der Waals surface area (Å²) in [6.07, 6.45) is 1.80. The van der Waals surface area contributed by atoms with Crippen molar-refractivity contribution in [2.75, 3.05) is 0 Å². The van der Waals surface area contributed by atoms with Crippen LogP contribution in [0.15, 0.2) is 30.5 Å². The van der Waals surface area contributed by atoms with Crippen molar-refractivity contribution in [1.82, 2.24) is 9.97 Å². The number of nitrogens with zero attached hydrogens (tertiary/aromatic N) is 1. The van der Waals surface area contributed by atoms with Crippen LogP contribution >= 0.6 is 0 Å². The molecule has 0 aliphatic rings. The maximum absolute atomic E-state index is 8.88. The van der Waals surface area contributed by atoms with Crippen molar-refractivity contribution in [2.45, 2.75) is 13.5 Å². The number of H-pyrrole nitrogens is 1. The topological polar surface area (TPSA) is 48.9 Å². The quantitative estimate of drug-likeness (QED) is 0.756. The molecule has 1 aromatic heterocycles. The molecule has 0 unspecified atom stereocenters. The van der Waals surface area contributed by atoms with Crippen molar-refractivity contribution in [3.63, 3.8) is 0 Å². The first kappa shape index (κ1) is 8.97. The number of aryl methyl sites for hydroxylation is 1. The van der Waals surface area contributed by atoms with Gasteiger partial charge in [-0.15, -0.1) is 0 Å². The highest BCUT2D eigenvalue weighted by molar-refractivity contribution is 5.55. The molecular formula is C11H12N2O. The van der Waals surface area contributed by atoms with Gasteiger partial charge in [0.05, 0.1) is 6.61 Å². The zero-order valence-corrected chi connectivity index (χ0v) is 7.99. The molecule has 0 saturated carbocycles. The van der Waals surface area contributed by atoms with Crippen LogP contribution in [0.2, 0.25) is 0 Å². The van der Waals surface area contributed by atoms with Gasteiger partial charge in [0.15, 0.2) is 0 Å². The Bertz CT molecular complexity index is 417. The number of aliphatic hydroxyl groups is 1. The molecule has 3 heteroatoms. The van der Waals surface area contributed by atoms with E-state index in [1.54, 1.807) is 6.20 Å². The van der Waals surface area contributed by atoms with Crippen LogP contribution < -0.4 is 0 Å². The lowest BCUT2D eigenvalue weighted by molar-refractivity contribution is 0.282. The average molecular weight is 188 g/mol. The Morgan fingerprint density at radius 1 is 1.29 bits per heavy atom. The summed E-state index contributed by atoms with van der Waals surface area (Å²) < 4.78 is 0. The average Bonchev–Trinajstić information content (AvgIpc) is 2.65. The lowest BCUT2D eigenvalue weighted by atomic mass is 10.1. The highest BCUT2D eigenvalue weighted by Gasteiger charge is 2.00. The lowest BCUT2D eigenvalue weighted by Gasteiger charge is -1.98. The Labute approximate surface area is 82.4 Å². The standard InChI is InChI=1S/C11H12N2O/c1-8-6-12-11(13-8)10-4-2-9(7-14)3-5-10/h2-6,14H,7H2,1H3,(H,12,13). The highest BCUT2D eigenvalue weighted by Crippen LogP contribution is 2.16. The molecule has 0 aliphatic heterocycles. The zero-order chi connectivity index (χ0) is 9.97. The van der Waals surface area contributed by atoms with Gasteiger partial charge in [-0.2, -0.15) is 0 Å². The van der Waals surface area contributed by atoms with Crippen LogP contribution in [0.25, 0.3) is 11.4 Å². The fourth-order valence-corrected chi connectivity index (χ4v) is 1.33. The van der Waals surface area contributed by atoms with Gasteiger partial charge in [0, 0.05) is 17.5 Å². The molecule has 2 aromatic rings. The van der Waals surface area contributed by atoms with Gasteiger partial charge in [-0.05, 0) is 12.5 Å². The fraction of sp³-hybridized carbons (Fsp3) is 0.182. The molecule has 0 bridgehead atoms. The first-order valence-electron chi connectivity index (χ1n) is 4.51. The van der Waals surface area contributed by atoms with Crippen LogP contribution in [0, 0.1) is 6.92 Å². The van der Waals surface area contributed by atoms with E-state index in [1.165, 1.54) is 0 Å². The van der Waals surface area contributed by atoms with Gasteiger partial charge in [-0.3, -0.25) is 0 Å². The Hall–Kier alpha value is -1.61.